The molecule has 0 aliphatic carbocycles. The Hall–Kier alpha value is -1.94. The van der Waals surface area contributed by atoms with Gasteiger partial charge in [0.1, 0.15) is 0 Å². The number of benzene rings is 2. The Labute approximate surface area is 124 Å². The molecule has 2 aromatic carbocycles. The Morgan fingerprint density at radius 1 is 1.10 bits per heavy atom. The van der Waals surface area contributed by atoms with E-state index in [1.165, 1.54) is 10.5 Å². The zero-order chi connectivity index (χ0) is 14.2. The summed E-state index contributed by atoms with van der Waals surface area (Å²) in [5.41, 5.74) is 8.05. The summed E-state index contributed by atoms with van der Waals surface area (Å²) in [6, 6.07) is 18.4. The first-order chi connectivity index (χ1) is 9.74. The summed E-state index contributed by atoms with van der Waals surface area (Å²) in [5, 5.41) is 3.09. The van der Waals surface area contributed by atoms with E-state index in [2.05, 4.69) is 29.4 Å². The highest BCUT2D eigenvalue weighted by Gasteiger charge is 1.95. The summed E-state index contributed by atoms with van der Waals surface area (Å²) < 4.78 is 0. The lowest BCUT2D eigenvalue weighted by Gasteiger charge is -2.05. The van der Waals surface area contributed by atoms with Crippen LogP contribution in [0.25, 0.3) is 0 Å². The van der Waals surface area contributed by atoms with Crippen LogP contribution in [0, 0.1) is 6.92 Å². The lowest BCUT2D eigenvalue weighted by atomic mass is 10.2. The first kappa shape index (κ1) is 14.5. The third-order valence-electron chi connectivity index (χ3n) is 2.71. The first-order valence-corrected chi connectivity index (χ1v) is 7.54. The number of hydrogen-bond acceptors (Lipinski definition) is 2. The molecular weight excluding hydrogens is 266 g/mol. The maximum atomic E-state index is 5.85. The first-order valence-electron chi connectivity index (χ1n) is 6.55. The van der Waals surface area contributed by atoms with Crippen LogP contribution in [0.4, 0.5) is 5.69 Å². The lowest BCUT2D eigenvalue weighted by Crippen LogP contribution is -2.23. The molecule has 2 rings (SSSR count). The van der Waals surface area contributed by atoms with Crippen molar-refractivity contribution in [3.8, 4) is 0 Å². The SMILES string of the molecule is Cc1ccc(NC(N)=NCCSc2ccccc2)cc1. The summed E-state index contributed by atoms with van der Waals surface area (Å²) in [6.45, 7) is 2.76. The van der Waals surface area contributed by atoms with E-state index in [1.807, 2.05) is 42.5 Å². The molecule has 3 N–H and O–H groups in total. The minimum absolute atomic E-state index is 0.461. The van der Waals surface area contributed by atoms with Gasteiger partial charge in [-0.3, -0.25) is 4.99 Å². The Morgan fingerprint density at radius 3 is 2.50 bits per heavy atom. The molecule has 0 saturated heterocycles. The summed E-state index contributed by atoms with van der Waals surface area (Å²) in [7, 11) is 0. The quantitative estimate of drug-likeness (QED) is 0.382. The molecule has 0 heterocycles. The van der Waals surface area contributed by atoms with Gasteiger partial charge < -0.3 is 11.1 Å². The normalized spacial score (nSPS) is 11.3. The zero-order valence-electron chi connectivity index (χ0n) is 11.5. The molecule has 0 amide bonds. The van der Waals surface area contributed by atoms with E-state index in [1.54, 1.807) is 11.8 Å². The van der Waals surface area contributed by atoms with Crippen LogP contribution in [0.3, 0.4) is 0 Å². The van der Waals surface area contributed by atoms with Crippen molar-refractivity contribution in [1.82, 2.24) is 0 Å². The van der Waals surface area contributed by atoms with Gasteiger partial charge >= 0.3 is 0 Å². The average Bonchev–Trinajstić information content (AvgIpc) is 2.47. The second-order valence-electron chi connectivity index (χ2n) is 4.42. The minimum atomic E-state index is 0.461. The fourth-order valence-electron chi connectivity index (χ4n) is 1.67. The largest absolute Gasteiger partial charge is 0.370 e. The zero-order valence-corrected chi connectivity index (χ0v) is 12.4. The number of nitrogens with two attached hydrogens (primary N) is 1. The molecule has 2 aromatic rings. The Bertz CT molecular complexity index is 550. The van der Waals surface area contributed by atoms with Crippen molar-refractivity contribution in [2.45, 2.75) is 11.8 Å². The van der Waals surface area contributed by atoms with Crippen molar-refractivity contribution in [3.63, 3.8) is 0 Å². The number of guanidine groups is 1. The minimum Gasteiger partial charge on any atom is -0.370 e. The van der Waals surface area contributed by atoms with Crippen LogP contribution < -0.4 is 11.1 Å². The van der Waals surface area contributed by atoms with Gasteiger partial charge in [-0.25, -0.2) is 0 Å². The van der Waals surface area contributed by atoms with Crippen LogP contribution in [0.15, 0.2) is 64.5 Å². The van der Waals surface area contributed by atoms with Gasteiger partial charge in [-0.05, 0) is 31.2 Å². The number of anilines is 1. The van der Waals surface area contributed by atoms with Crippen molar-refractivity contribution in [1.29, 1.82) is 0 Å². The van der Waals surface area contributed by atoms with E-state index >= 15 is 0 Å². The van der Waals surface area contributed by atoms with Crippen LogP contribution in [0.2, 0.25) is 0 Å². The van der Waals surface area contributed by atoms with Crippen LogP contribution in [0.5, 0.6) is 0 Å². The molecule has 20 heavy (non-hydrogen) atoms. The molecule has 0 saturated carbocycles. The smallest absolute Gasteiger partial charge is 0.193 e. The molecule has 104 valence electrons. The van der Waals surface area contributed by atoms with Gasteiger partial charge in [0.05, 0.1) is 6.54 Å². The Balaban J connectivity index is 1.75. The molecule has 0 atom stereocenters. The van der Waals surface area contributed by atoms with Gasteiger partial charge in [0.25, 0.3) is 0 Å². The maximum absolute atomic E-state index is 5.85. The topological polar surface area (TPSA) is 50.4 Å². The van der Waals surface area contributed by atoms with E-state index in [9.17, 15) is 0 Å². The maximum Gasteiger partial charge on any atom is 0.193 e. The van der Waals surface area contributed by atoms with E-state index in [0.717, 1.165) is 11.4 Å². The molecule has 0 aliphatic heterocycles. The average molecular weight is 285 g/mol. The molecule has 3 nitrogen and oxygen atoms in total. The summed E-state index contributed by atoms with van der Waals surface area (Å²) in [6.07, 6.45) is 0. The van der Waals surface area contributed by atoms with E-state index in [4.69, 9.17) is 5.73 Å². The van der Waals surface area contributed by atoms with Crippen LogP contribution in [-0.2, 0) is 0 Å². The fourth-order valence-corrected chi connectivity index (χ4v) is 2.44. The number of aliphatic imine (C=N–C) groups is 1. The van der Waals surface area contributed by atoms with Crippen LogP contribution >= 0.6 is 11.8 Å². The second kappa shape index (κ2) is 7.60. The summed E-state index contributed by atoms with van der Waals surface area (Å²) in [4.78, 5) is 5.58. The van der Waals surface area contributed by atoms with Gasteiger partial charge in [-0.15, -0.1) is 11.8 Å². The predicted octanol–water partition coefficient (Wildman–Crippen LogP) is 3.51. The molecule has 0 unspecified atom stereocenters. The summed E-state index contributed by atoms with van der Waals surface area (Å²) in [5.74, 6) is 1.38. The van der Waals surface area contributed by atoms with Crippen molar-refractivity contribution in [3.05, 3.63) is 60.2 Å². The number of hydrogen-bond donors (Lipinski definition) is 2. The third-order valence-corrected chi connectivity index (χ3v) is 3.70. The molecule has 0 spiro atoms. The molecule has 0 aromatic heterocycles. The van der Waals surface area contributed by atoms with Crippen molar-refractivity contribution < 1.29 is 0 Å². The van der Waals surface area contributed by atoms with Gasteiger partial charge in [0.15, 0.2) is 5.96 Å². The molecule has 0 bridgehead atoms. The van der Waals surface area contributed by atoms with E-state index in [0.29, 0.717) is 12.5 Å². The third kappa shape index (κ3) is 4.97. The van der Waals surface area contributed by atoms with Crippen molar-refractivity contribution >= 4 is 23.4 Å². The Kier molecular flexibility index (Phi) is 5.50. The predicted molar refractivity (Wildman–Crippen MR) is 88.5 cm³/mol. The highest BCUT2D eigenvalue weighted by Crippen LogP contribution is 2.16. The van der Waals surface area contributed by atoms with E-state index < -0.39 is 0 Å². The highest BCUT2D eigenvalue weighted by atomic mass is 32.2. The number of nitrogens with one attached hydrogen (secondary N) is 1. The van der Waals surface area contributed by atoms with Crippen molar-refractivity contribution in [2.75, 3.05) is 17.6 Å². The molecule has 4 heteroatoms. The van der Waals surface area contributed by atoms with Crippen LogP contribution in [0.1, 0.15) is 5.56 Å². The molecule has 0 fully saturated rings. The van der Waals surface area contributed by atoms with Crippen LogP contribution in [-0.4, -0.2) is 18.3 Å². The van der Waals surface area contributed by atoms with Gasteiger partial charge in [-0.2, -0.15) is 0 Å². The number of thioether (sulfide) groups is 1. The number of nitrogens with zero attached hydrogens (tertiary/aromatic N) is 1. The number of rotatable bonds is 5. The van der Waals surface area contributed by atoms with Gasteiger partial charge in [0, 0.05) is 16.3 Å². The molecule has 0 radical (unpaired) electrons. The lowest BCUT2D eigenvalue weighted by molar-refractivity contribution is 1.13. The van der Waals surface area contributed by atoms with Crippen molar-refractivity contribution in [2.24, 2.45) is 10.7 Å². The molecule has 0 aliphatic rings. The number of aryl methyl sites for hydroxylation is 1. The Morgan fingerprint density at radius 2 is 1.80 bits per heavy atom. The van der Waals surface area contributed by atoms with Gasteiger partial charge in [0.2, 0.25) is 0 Å². The summed E-state index contributed by atoms with van der Waals surface area (Å²) >= 11 is 1.78. The molecular formula is C16H19N3S. The monoisotopic (exact) mass is 285 g/mol. The van der Waals surface area contributed by atoms with E-state index in [-0.39, 0.29) is 0 Å². The van der Waals surface area contributed by atoms with Gasteiger partial charge in [-0.1, -0.05) is 35.9 Å². The second-order valence-corrected chi connectivity index (χ2v) is 5.59. The standard InChI is InChI=1S/C16H19N3S/c1-13-7-9-14(10-8-13)19-16(17)18-11-12-20-15-5-3-2-4-6-15/h2-10H,11-12H2,1H3,(H3,17,18,19). The fraction of sp³-hybridized carbons (Fsp3) is 0.188. The highest BCUT2D eigenvalue weighted by molar-refractivity contribution is 7.99.